The van der Waals surface area contributed by atoms with Crippen LogP contribution in [0.15, 0.2) is 39.8 Å². The molecule has 0 fully saturated rings. The van der Waals surface area contributed by atoms with Gasteiger partial charge in [-0.05, 0) is 42.0 Å². The Morgan fingerprint density at radius 3 is 2.76 bits per heavy atom. The molecule has 0 bridgehead atoms. The third-order valence-electron chi connectivity index (χ3n) is 2.84. The van der Waals surface area contributed by atoms with Gasteiger partial charge in [-0.25, -0.2) is 0 Å². The number of hydrogen-bond donors (Lipinski definition) is 0. The number of nitro benzene ring substituents is 1. The normalized spacial score (nSPS) is 11.0. The molecule has 0 unspecified atom stereocenters. The van der Waals surface area contributed by atoms with Crippen molar-refractivity contribution in [1.29, 1.82) is 0 Å². The van der Waals surface area contributed by atoms with Gasteiger partial charge in [-0.3, -0.25) is 15.1 Å². The van der Waals surface area contributed by atoms with Crippen molar-refractivity contribution in [3.8, 4) is 5.75 Å². The fourth-order valence-corrected chi connectivity index (χ4v) is 2.34. The summed E-state index contributed by atoms with van der Waals surface area (Å²) in [5, 5.41) is 23.3. The molecule has 0 amide bonds. The highest BCUT2D eigenvalue weighted by molar-refractivity contribution is 9.10. The predicted molar refractivity (Wildman–Crippen MR) is 83.7 cm³/mol. The summed E-state index contributed by atoms with van der Waals surface area (Å²) in [6, 6.07) is 7.87. The molecule has 0 heterocycles. The fraction of sp³-hybridized carbons (Fsp3) is 0.0714. The molecule has 0 spiro atoms. The molecule has 2 rings (SSSR count). The van der Waals surface area contributed by atoms with Gasteiger partial charge in [0.25, 0.3) is 5.69 Å². The predicted octanol–water partition coefficient (Wildman–Crippen LogP) is 4.14. The van der Waals surface area contributed by atoms with Gasteiger partial charge in [0.1, 0.15) is 0 Å². The zero-order valence-electron chi connectivity index (χ0n) is 10.8. The van der Waals surface area contributed by atoms with Gasteiger partial charge in [0.15, 0.2) is 0 Å². The van der Waals surface area contributed by atoms with Crippen LogP contribution in [0.2, 0.25) is 5.02 Å². The van der Waals surface area contributed by atoms with E-state index in [2.05, 4.69) is 20.9 Å². The van der Waals surface area contributed by atoms with Gasteiger partial charge in [0, 0.05) is 21.8 Å². The molecule has 7 heteroatoms. The lowest BCUT2D eigenvalue weighted by molar-refractivity contribution is -0.398. The molecular weight excluding hydrogens is 360 g/mol. The monoisotopic (exact) mass is 367 g/mol. The second-order valence-electron chi connectivity index (χ2n) is 4.24. The second kappa shape index (κ2) is 6.24. The van der Waals surface area contributed by atoms with Gasteiger partial charge < -0.3 is 5.11 Å². The van der Waals surface area contributed by atoms with Gasteiger partial charge >= 0.3 is 0 Å². The Morgan fingerprint density at radius 2 is 2.10 bits per heavy atom. The van der Waals surface area contributed by atoms with Crippen LogP contribution in [0.5, 0.6) is 5.75 Å². The van der Waals surface area contributed by atoms with Gasteiger partial charge in [-0.1, -0.05) is 33.6 Å². The van der Waals surface area contributed by atoms with Crippen LogP contribution in [-0.2, 0) is 0 Å². The van der Waals surface area contributed by atoms with Crippen LogP contribution in [0.25, 0.3) is 0 Å². The van der Waals surface area contributed by atoms with Crippen molar-refractivity contribution in [2.45, 2.75) is 6.92 Å². The molecule has 5 nitrogen and oxygen atoms in total. The summed E-state index contributed by atoms with van der Waals surface area (Å²) >= 11 is 9.13. The second-order valence-corrected chi connectivity index (χ2v) is 5.57. The van der Waals surface area contributed by atoms with Crippen LogP contribution in [-0.4, -0.2) is 11.1 Å². The highest BCUT2D eigenvalue weighted by Crippen LogP contribution is 2.31. The lowest BCUT2D eigenvalue weighted by Crippen LogP contribution is -2.02. The quantitative estimate of drug-likeness (QED) is 0.464. The number of nitrogens with zero attached hydrogens (tertiary/aromatic N) is 2. The summed E-state index contributed by atoms with van der Waals surface area (Å²) in [5.41, 5.74) is 1.01. The lowest BCUT2D eigenvalue weighted by Gasteiger charge is -2.11. The third kappa shape index (κ3) is 3.40. The minimum absolute atomic E-state index is 0.135. The summed E-state index contributed by atoms with van der Waals surface area (Å²) in [6.07, 6.45) is 1.30. The SMILES string of the molecule is Cc1c(Cl)cccc1N=Cc1cc(Br)cc([N+](=O)[O-])c1[O-]. The Morgan fingerprint density at radius 1 is 1.38 bits per heavy atom. The minimum atomic E-state index is -0.713. The largest absolute Gasteiger partial charge is 0.867 e. The minimum Gasteiger partial charge on any atom is -0.867 e. The molecule has 0 aliphatic rings. The van der Waals surface area contributed by atoms with Crippen LogP contribution in [0.3, 0.4) is 0 Å². The maximum Gasteiger partial charge on any atom is 0.263 e. The molecule has 2 aromatic rings. The molecule has 21 heavy (non-hydrogen) atoms. The van der Waals surface area contributed by atoms with E-state index in [9.17, 15) is 15.2 Å². The highest BCUT2D eigenvalue weighted by Gasteiger charge is 2.11. The Bertz CT molecular complexity index is 747. The van der Waals surface area contributed by atoms with Crippen LogP contribution in [0, 0.1) is 17.0 Å². The van der Waals surface area contributed by atoms with E-state index in [-0.39, 0.29) is 5.56 Å². The summed E-state index contributed by atoms with van der Waals surface area (Å²) in [4.78, 5) is 14.3. The maximum atomic E-state index is 12.0. The number of nitro groups is 1. The molecule has 0 N–H and O–H groups in total. The first-order valence-corrected chi connectivity index (χ1v) is 7.01. The lowest BCUT2D eigenvalue weighted by atomic mass is 10.1. The number of aliphatic imine (C=N–C) groups is 1. The van der Waals surface area contributed by atoms with Crippen LogP contribution >= 0.6 is 27.5 Å². The maximum absolute atomic E-state index is 12.0. The van der Waals surface area contributed by atoms with Crippen molar-refractivity contribution in [2.24, 2.45) is 4.99 Å². The summed E-state index contributed by atoms with van der Waals surface area (Å²) < 4.78 is 0.443. The number of benzene rings is 2. The topological polar surface area (TPSA) is 78.6 Å². The molecule has 2 aromatic carbocycles. The summed E-state index contributed by atoms with van der Waals surface area (Å²) in [7, 11) is 0. The first-order chi connectivity index (χ1) is 9.90. The van der Waals surface area contributed by atoms with Gasteiger partial charge in [-0.2, -0.15) is 0 Å². The number of hydrogen-bond acceptors (Lipinski definition) is 4. The Balaban J connectivity index is 2.46. The van der Waals surface area contributed by atoms with E-state index in [1.165, 1.54) is 18.3 Å². The molecule has 0 aliphatic heterocycles. The molecule has 0 saturated heterocycles. The van der Waals surface area contributed by atoms with Crippen molar-refractivity contribution in [3.05, 3.63) is 61.1 Å². The Labute approximate surface area is 134 Å². The number of rotatable bonds is 3. The third-order valence-corrected chi connectivity index (χ3v) is 3.71. The van der Waals surface area contributed by atoms with E-state index in [1.807, 2.05) is 0 Å². The van der Waals surface area contributed by atoms with E-state index in [1.54, 1.807) is 25.1 Å². The first-order valence-electron chi connectivity index (χ1n) is 5.84. The molecular formula is C14H9BrClN2O3-. The number of halogens is 2. The molecule has 0 aromatic heterocycles. The summed E-state index contributed by atoms with van der Waals surface area (Å²) in [5.74, 6) is -0.674. The molecule has 0 saturated carbocycles. The van der Waals surface area contributed by atoms with E-state index in [4.69, 9.17) is 11.6 Å². The zero-order chi connectivity index (χ0) is 15.6. The first kappa shape index (κ1) is 15.5. The van der Waals surface area contributed by atoms with E-state index in [0.717, 1.165) is 5.56 Å². The van der Waals surface area contributed by atoms with Gasteiger partial charge in [-0.15, -0.1) is 0 Å². The Kier molecular flexibility index (Phi) is 4.59. The van der Waals surface area contributed by atoms with Crippen LogP contribution < -0.4 is 5.11 Å². The van der Waals surface area contributed by atoms with Gasteiger partial charge in [0.2, 0.25) is 0 Å². The van der Waals surface area contributed by atoms with Gasteiger partial charge in [0.05, 0.1) is 10.6 Å². The van der Waals surface area contributed by atoms with Crippen LogP contribution in [0.4, 0.5) is 11.4 Å². The zero-order valence-corrected chi connectivity index (χ0v) is 13.2. The highest BCUT2D eigenvalue weighted by atomic mass is 79.9. The summed E-state index contributed by atoms with van der Waals surface area (Å²) in [6.45, 7) is 1.80. The van der Waals surface area contributed by atoms with Crippen molar-refractivity contribution in [1.82, 2.24) is 0 Å². The smallest absolute Gasteiger partial charge is 0.263 e. The van der Waals surface area contributed by atoms with Crippen molar-refractivity contribution < 1.29 is 10.0 Å². The average molecular weight is 369 g/mol. The molecule has 0 aliphatic carbocycles. The van der Waals surface area contributed by atoms with E-state index < -0.39 is 16.4 Å². The molecule has 108 valence electrons. The van der Waals surface area contributed by atoms with Crippen molar-refractivity contribution >= 4 is 45.1 Å². The van der Waals surface area contributed by atoms with E-state index >= 15 is 0 Å². The fourth-order valence-electron chi connectivity index (χ4n) is 1.71. The van der Waals surface area contributed by atoms with Crippen molar-refractivity contribution in [2.75, 3.05) is 0 Å². The standard InChI is InChI=1S/C14H10BrClN2O3/c1-8-11(16)3-2-4-12(8)17-7-9-5-10(15)6-13(14(9)19)18(20)21/h2-7,19H,1H3/p-1. The Hall–Kier alpha value is -1.92. The molecule has 0 radical (unpaired) electrons. The average Bonchev–Trinajstić information content (AvgIpc) is 2.43. The van der Waals surface area contributed by atoms with E-state index in [0.29, 0.717) is 15.2 Å². The van der Waals surface area contributed by atoms with Crippen LogP contribution in [0.1, 0.15) is 11.1 Å². The van der Waals surface area contributed by atoms with Crippen molar-refractivity contribution in [3.63, 3.8) is 0 Å². The molecule has 0 atom stereocenters.